The summed E-state index contributed by atoms with van der Waals surface area (Å²) < 4.78 is 12.1. The smallest absolute Gasteiger partial charge is 0.311 e. The van der Waals surface area contributed by atoms with Crippen LogP contribution in [0.3, 0.4) is 0 Å². The minimum Gasteiger partial charge on any atom is -0.488 e. The Morgan fingerprint density at radius 3 is 2.68 bits per heavy atom. The van der Waals surface area contributed by atoms with E-state index < -0.39 is 11.4 Å². The summed E-state index contributed by atoms with van der Waals surface area (Å²) in [7, 11) is 0. The second-order valence-electron chi connectivity index (χ2n) is 12.3. The lowest BCUT2D eigenvalue weighted by Gasteiger charge is -2.33. The Hall–Kier alpha value is -3.42. The van der Waals surface area contributed by atoms with E-state index in [0.29, 0.717) is 19.2 Å². The first-order valence-electron chi connectivity index (χ1n) is 15.1. The topological polar surface area (TPSA) is 75.1 Å². The van der Waals surface area contributed by atoms with Gasteiger partial charge in [-0.1, -0.05) is 36.4 Å². The molecular weight excluding hydrogens is 514 g/mol. The van der Waals surface area contributed by atoms with Crippen LogP contribution in [-0.4, -0.2) is 66.4 Å². The first-order chi connectivity index (χ1) is 20.0. The average Bonchev–Trinajstić information content (AvgIpc) is 3.65. The van der Waals surface area contributed by atoms with Crippen LogP contribution in [-0.2, 0) is 29.0 Å². The molecule has 2 saturated heterocycles. The summed E-state index contributed by atoms with van der Waals surface area (Å²) in [6, 6.07) is 19.7. The fraction of sp³-hybridized carbons (Fsp3) is 0.471. The lowest BCUT2D eigenvalue weighted by atomic mass is 10.0. The van der Waals surface area contributed by atoms with E-state index in [1.54, 1.807) is 0 Å². The van der Waals surface area contributed by atoms with Gasteiger partial charge in [-0.25, -0.2) is 4.98 Å². The number of aliphatic carboxylic acids is 1. The number of anilines is 1. The number of piperidine rings is 1. The SMILES string of the molecule is Cc1cccc(-c2cccc(N3C[C@@H]4C[C@]4(C(=O)O)C3)n2)c1OCc1ccc2c(c1)CCN(C1CCOCC1)CC2. The van der Waals surface area contributed by atoms with Crippen molar-refractivity contribution in [1.82, 2.24) is 9.88 Å². The third kappa shape index (κ3) is 5.10. The molecule has 0 radical (unpaired) electrons. The molecule has 0 amide bonds. The van der Waals surface area contributed by atoms with Crippen LogP contribution >= 0.6 is 0 Å². The molecule has 2 atom stereocenters. The number of nitrogens with zero attached hydrogens (tertiary/aromatic N) is 3. The molecule has 1 aromatic heterocycles. The third-order valence-electron chi connectivity index (χ3n) is 9.82. The van der Waals surface area contributed by atoms with Crippen LogP contribution in [0.4, 0.5) is 5.82 Å². The van der Waals surface area contributed by atoms with E-state index in [2.05, 4.69) is 47.1 Å². The maximum Gasteiger partial charge on any atom is 0.311 e. The first-order valence-corrected chi connectivity index (χ1v) is 15.1. The second kappa shape index (κ2) is 10.8. The number of rotatable bonds is 7. The van der Waals surface area contributed by atoms with E-state index in [-0.39, 0.29) is 5.92 Å². The zero-order valence-electron chi connectivity index (χ0n) is 23.8. The molecule has 3 aliphatic heterocycles. The predicted octanol–water partition coefficient (Wildman–Crippen LogP) is 5.13. The normalized spacial score (nSPS) is 24.4. The molecule has 1 N–H and O–H groups in total. The zero-order chi connectivity index (χ0) is 28.0. The third-order valence-corrected chi connectivity index (χ3v) is 9.82. The Bertz CT molecular complexity index is 1450. The van der Waals surface area contributed by atoms with Crippen LogP contribution in [0.2, 0.25) is 0 Å². The van der Waals surface area contributed by atoms with E-state index in [0.717, 1.165) is 93.3 Å². The van der Waals surface area contributed by atoms with Crippen LogP contribution in [0.15, 0.2) is 54.6 Å². The van der Waals surface area contributed by atoms with E-state index in [1.165, 1.54) is 16.7 Å². The number of carbonyl (C=O) groups is 1. The Morgan fingerprint density at radius 1 is 1.07 bits per heavy atom. The Labute approximate surface area is 242 Å². The predicted molar refractivity (Wildman–Crippen MR) is 158 cm³/mol. The van der Waals surface area contributed by atoms with E-state index in [4.69, 9.17) is 14.5 Å². The number of hydrogen-bond donors (Lipinski definition) is 1. The molecule has 1 aliphatic carbocycles. The first kappa shape index (κ1) is 26.5. The van der Waals surface area contributed by atoms with Gasteiger partial charge in [0.05, 0.1) is 11.1 Å². The van der Waals surface area contributed by atoms with Crippen molar-refractivity contribution in [3.8, 4) is 17.0 Å². The van der Waals surface area contributed by atoms with Crippen LogP contribution in [0.1, 0.15) is 41.5 Å². The highest BCUT2D eigenvalue weighted by Gasteiger charge is 2.65. The summed E-state index contributed by atoms with van der Waals surface area (Å²) in [6.45, 7) is 7.88. The largest absolute Gasteiger partial charge is 0.488 e. The summed E-state index contributed by atoms with van der Waals surface area (Å²) in [4.78, 5) is 21.6. The van der Waals surface area contributed by atoms with Gasteiger partial charge in [-0.05, 0) is 85.4 Å². The Morgan fingerprint density at radius 2 is 1.88 bits per heavy atom. The molecule has 3 fully saturated rings. The molecule has 3 aromatic rings. The number of para-hydroxylation sites is 1. The minimum absolute atomic E-state index is 0.231. The van der Waals surface area contributed by atoms with Gasteiger partial charge in [0.15, 0.2) is 0 Å². The number of carboxylic acid groups (broad SMARTS) is 1. The molecule has 0 unspecified atom stereocenters. The van der Waals surface area contributed by atoms with Gasteiger partial charge in [0, 0.05) is 51.0 Å². The highest BCUT2D eigenvalue weighted by molar-refractivity contribution is 5.81. The van der Waals surface area contributed by atoms with Crippen molar-refractivity contribution >= 4 is 11.8 Å². The lowest BCUT2D eigenvalue weighted by Crippen LogP contribution is -2.40. The van der Waals surface area contributed by atoms with Crippen molar-refractivity contribution in [2.24, 2.45) is 11.3 Å². The maximum atomic E-state index is 11.8. The van der Waals surface area contributed by atoms with E-state index >= 15 is 0 Å². The van der Waals surface area contributed by atoms with Gasteiger partial charge in [0.2, 0.25) is 0 Å². The number of hydrogen-bond acceptors (Lipinski definition) is 6. The number of carboxylic acids is 1. The molecule has 7 heteroatoms. The number of benzene rings is 2. The number of aryl methyl sites for hydroxylation is 1. The second-order valence-corrected chi connectivity index (χ2v) is 12.3. The summed E-state index contributed by atoms with van der Waals surface area (Å²) in [5.74, 6) is 1.24. The molecule has 214 valence electrons. The van der Waals surface area contributed by atoms with Gasteiger partial charge >= 0.3 is 5.97 Å². The highest BCUT2D eigenvalue weighted by Crippen LogP contribution is 2.58. The van der Waals surface area contributed by atoms with Gasteiger partial charge in [-0.2, -0.15) is 0 Å². The molecule has 4 aliphatic rings. The van der Waals surface area contributed by atoms with Crippen molar-refractivity contribution in [3.05, 3.63) is 76.9 Å². The maximum absolute atomic E-state index is 11.8. The quantitative estimate of drug-likeness (QED) is 0.435. The molecule has 4 heterocycles. The zero-order valence-corrected chi connectivity index (χ0v) is 23.8. The molecule has 7 rings (SSSR count). The fourth-order valence-corrected chi connectivity index (χ4v) is 7.24. The fourth-order valence-electron chi connectivity index (χ4n) is 7.24. The molecule has 41 heavy (non-hydrogen) atoms. The van der Waals surface area contributed by atoms with Crippen LogP contribution in [0, 0.1) is 18.3 Å². The molecule has 1 saturated carbocycles. The molecule has 0 spiro atoms. The van der Waals surface area contributed by atoms with Crippen molar-refractivity contribution < 1.29 is 19.4 Å². The number of aromatic nitrogens is 1. The van der Waals surface area contributed by atoms with Crippen molar-refractivity contribution in [2.45, 2.75) is 51.7 Å². The Kier molecular flexibility index (Phi) is 6.95. The summed E-state index contributed by atoms with van der Waals surface area (Å²) in [5, 5.41) is 9.71. The Balaban J connectivity index is 1.06. The van der Waals surface area contributed by atoms with Crippen molar-refractivity contribution in [1.29, 1.82) is 0 Å². The van der Waals surface area contributed by atoms with Gasteiger partial charge in [-0.3, -0.25) is 9.69 Å². The average molecular weight is 554 g/mol. The minimum atomic E-state index is -0.676. The van der Waals surface area contributed by atoms with Crippen LogP contribution in [0.25, 0.3) is 11.3 Å². The highest BCUT2D eigenvalue weighted by atomic mass is 16.5. The van der Waals surface area contributed by atoms with Gasteiger partial charge in [0.1, 0.15) is 18.2 Å². The molecule has 0 bridgehead atoms. The number of fused-ring (bicyclic) bond motifs is 2. The molecular formula is C34H39N3O4. The summed E-state index contributed by atoms with van der Waals surface area (Å²) in [5.41, 5.74) is 6.41. The van der Waals surface area contributed by atoms with Crippen LogP contribution < -0.4 is 9.64 Å². The summed E-state index contributed by atoms with van der Waals surface area (Å²) in [6.07, 6.45) is 5.25. The van der Waals surface area contributed by atoms with E-state index in [1.807, 2.05) is 24.3 Å². The molecule has 2 aromatic carbocycles. The molecule has 7 nitrogen and oxygen atoms in total. The van der Waals surface area contributed by atoms with Gasteiger partial charge in [-0.15, -0.1) is 0 Å². The van der Waals surface area contributed by atoms with Gasteiger partial charge < -0.3 is 19.5 Å². The lowest BCUT2D eigenvalue weighted by molar-refractivity contribution is -0.143. The number of ether oxygens (including phenoxy) is 2. The van der Waals surface area contributed by atoms with Gasteiger partial charge in [0.25, 0.3) is 0 Å². The van der Waals surface area contributed by atoms with E-state index in [9.17, 15) is 9.90 Å². The van der Waals surface area contributed by atoms with Crippen molar-refractivity contribution in [3.63, 3.8) is 0 Å². The van der Waals surface area contributed by atoms with Crippen molar-refractivity contribution in [2.75, 3.05) is 44.3 Å². The van der Waals surface area contributed by atoms with Crippen LogP contribution in [0.5, 0.6) is 5.75 Å². The summed E-state index contributed by atoms with van der Waals surface area (Å²) >= 11 is 0. The number of pyridine rings is 1. The monoisotopic (exact) mass is 553 g/mol. The standard InChI is InChI=1S/C34H39N3O4/c1-23-4-2-5-29(30-6-3-7-31(35-30)37-20-27-19-34(27,22-37)33(38)39)32(23)41-21-24-8-9-25-10-14-36(15-11-26(25)18-24)28-12-16-40-17-13-28/h2-9,18,27-28H,10-17,19-22H2,1H3,(H,38,39)/t27-,34-/m0/s1.